The molecule has 4 aromatic rings. The van der Waals surface area contributed by atoms with Crippen LogP contribution in [0.25, 0.3) is 11.4 Å². The number of ketones is 1. The van der Waals surface area contributed by atoms with Crippen LogP contribution in [0, 0.1) is 13.8 Å². The Kier molecular flexibility index (Phi) is 6.41. The summed E-state index contributed by atoms with van der Waals surface area (Å²) in [5, 5.41) is 9.36. The number of nitrogens with zero attached hydrogens (tertiary/aromatic N) is 5. The molecule has 5 rings (SSSR count). The molecule has 0 spiro atoms. The first-order chi connectivity index (χ1) is 17.0. The van der Waals surface area contributed by atoms with Crippen LogP contribution in [0.15, 0.2) is 66.6 Å². The molecule has 1 aliphatic heterocycles. The molecule has 0 bridgehead atoms. The number of carbonyl (C=O) groups is 1. The van der Waals surface area contributed by atoms with E-state index in [-0.39, 0.29) is 18.3 Å². The number of fused-ring (bicyclic) bond motifs is 1. The molecule has 0 amide bonds. The fraction of sp³-hybridized carbons (Fsp3) is 0.231. The van der Waals surface area contributed by atoms with Crippen LogP contribution < -0.4 is 9.47 Å². The minimum atomic E-state index is 0.0543. The minimum Gasteiger partial charge on any atom is -0.454 e. The average molecular weight is 488 g/mol. The van der Waals surface area contributed by atoms with Gasteiger partial charge < -0.3 is 14.0 Å². The van der Waals surface area contributed by atoms with Crippen LogP contribution in [-0.2, 0) is 13.1 Å². The van der Waals surface area contributed by atoms with Gasteiger partial charge in [0, 0.05) is 48.0 Å². The third-order valence-electron chi connectivity index (χ3n) is 5.95. The molecule has 0 saturated heterocycles. The number of aromatic nitrogens is 5. The number of hydrogen-bond acceptors (Lipinski definition) is 7. The zero-order valence-corrected chi connectivity index (χ0v) is 20.4. The molecular formula is C26H25N5O3S. The lowest BCUT2D eigenvalue weighted by Crippen LogP contribution is -2.08. The quantitative estimate of drug-likeness (QED) is 0.192. The second-order valence-corrected chi connectivity index (χ2v) is 9.15. The number of benzene rings is 1. The largest absolute Gasteiger partial charge is 0.454 e. The highest BCUT2D eigenvalue weighted by molar-refractivity contribution is 7.99. The minimum absolute atomic E-state index is 0.0543. The second-order valence-electron chi connectivity index (χ2n) is 8.21. The van der Waals surface area contributed by atoms with E-state index in [2.05, 4.69) is 26.3 Å². The second kappa shape index (κ2) is 9.79. The SMILES string of the molecule is C=CCn1c(SCC(=O)c2cc(C)n(Cc3ccc4c(c3)OCO4)c2C)nnc1-c1ccncc1. The molecule has 0 radical (unpaired) electrons. The van der Waals surface area contributed by atoms with Crippen LogP contribution in [0.5, 0.6) is 11.5 Å². The summed E-state index contributed by atoms with van der Waals surface area (Å²) in [5.41, 5.74) is 4.70. The fourth-order valence-electron chi connectivity index (χ4n) is 4.16. The molecule has 1 aliphatic rings. The highest BCUT2D eigenvalue weighted by Gasteiger charge is 2.20. The van der Waals surface area contributed by atoms with Gasteiger partial charge in [0.1, 0.15) is 0 Å². The number of ether oxygens (including phenoxy) is 2. The number of aryl methyl sites for hydroxylation is 1. The van der Waals surface area contributed by atoms with Gasteiger partial charge in [-0.3, -0.25) is 14.3 Å². The van der Waals surface area contributed by atoms with Crippen LogP contribution in [0.2, 0.25) is 0 Å². The molecule has 0 aliphatic carbocycles. The number of thioether (sulfide) groups is 1. The van der Waals surface area contributed by atoms with Gasteiger partial charge in [-0.15, -0.1) is 16.8 Å². The van der Waals surface area contributed by atoms with Gasteiger partial charge >= 0.3 is 0 Å². The Bertz CT molecular complexity index is 1390. The number of carbonyl (C=O) groups excluding carboxylic acids is 1. The lowest BCUT2D eigenvalue weighted by molar-refractivity contribution is 0.102. The molecule has 0 atom stereocenters. The smallest absolute Gasteiger partial charge is 0.231 e. The van der Waals surface area contributed by atoms with Gasteiger partial charge in [-0.2, -0.15) is 0 Å². The lowest BCUT2D eigenvalue weighted by Gasteiger charge is -2.11. The topological polar surface area (TPSA) is 84.1 Å². The molecule has 0 fully saturated rings. The van der Waals surface area contributed by atoms with Crippen LogP contribution in [-0.4, -0.2) is 42.6 Å². The standard InChI is InChI=1S/C26H25N5O3S/c1-4-11-30-25(20-7-9-27-10-8-20)28-29-26(30)35-15-22(32)21-12-17(2)31(18(21)3)14-19-5-6-23-24(13-19)34-16-33-23/h4-10,12-13H,1,11,14-16H2,2-3H3. The van der Waals surface area contributed by atoms with Gasteiger partial charge in [0.05, 0.1) is 5.75 Å². The number of rotatable bonds is 9. The predicted octanol–water partition coefficient (Wildman–Crippen LogP) is 4.70. The monoisotopic (exact) mass is 487 g/mol. The summed E-state index contributed by atoms with van der Waals surface area (Å²) >= 11 is 1.38. The molecule has 0 saturated carbocycles. The highest BCUT2D eigenvalue weighted by Crippen LogP contribution is 2.33. The molecule has 9 heteroatoms. The summed E-state index contributed by atoms with van der Waals surface area (Å²) in [4.78, 5) is 17.3. The Morgan fingerprint density at radius 1 is 1.09 bits per heavy atom. The van der Waals surface area contributed by atoms with E-state index in [0.717, 1.165) is 45.4 Å². The zero-order chi connectivity index (χ0) is 24.4. The normalized spacial score (nSPS) is 12.2. The summed E-state index contributed by atoms with van der Waals surface area (Å²) < 4.78 is 15.0. The fourth-order valence-corrected chi connectivity index (χ4v) is 4.99. The molecule has 35 heavy (non-hydrogen) atoms. The van der Waals surface area contributed by atoms with Gasteiger partial charge in [-0.1, -0.05) is 23.9 Å². The van der Waals surface area contributed by atoms with Crippen molar-refractivity contribution in [3.8, 4) is 22.9 Å². The summed E-state index contributed by atoms with van der Waals surface area (Å²) in [6, 6.07) is 11.7. The number of hydrogen-bond donors (Lipinski definition) is 0. The van der Waals surface area contributed by atoms with Crippen molar-refractivity contribution >= 4 is 17.5 Å². The molecule has 8 nitrogen and oxygen atoms in total. The third kappa shape index (κ3) is 4.59. The maximum absolute atomic E-state index is 13.2. The Balaban J connectivity index is 1.32. The van der Waals surface area contributed by atoms with Crippen molar-refractivity contribution < 1.29 is 14.3 Å². The number of Topliss-reactive ketones (excluding diaryl/α,β-unsaturated/α-hetero) is 1. The van der Waals surface area contributed by atoms with Crippen molar-refractivity contribution in [2.75, 3.05) is 12.5 Å². The van der Waals surface area contributed by atoms with E-state index < -0.39 is 0 Å². The average Bonchev–Trinajstić information content (AvgIpc) is 3.57. The van der Waals surface area contributed by atoms with Crippen LogP contribution in [0.1, 0.15) is 27.3 Å². The lowest BCUT2D eigenvalue weighted by atomic mass is 10.1. The van der Waals surface area contributed by atoms with Gasteiger partial charge in [0.15, 0.2) is 28.3 Å². The van der Waals surface area contributed by atoms with Crippen LogP contribution >= 0.6 is 11.8 Å². The first kappa shape index (κ1) is 22.9. The highest BCUT2D eigenvalue weighted by atomic mass is 32.2. The summed E-state index contributed by atoms with van der Waals surface area (Å²) in [5.74, 6) is 2.56. The van der Waals surface area contributed by atoms with Crippen molar-refractivity contribution in [2.45, 2.75) is 32.1 Å². The number of allylic oxidation sites excluding steroid dienone is 1. The summed E-state index contributed by atoms with van der Waals surface area (Å²) in [6.07, 6.45) is 5.24. The van der Waals surface area contributed by atoms with Crippen molar-refractivity contribution in [1.82, 2.24) is 24.3 Å². The van der Waals surface area contributed by atoms with Gasteiger partial charge in [-0.05, 0) is 49.7 Å². The Morgan fingerprint density at radius 3 is 2.69 bits per heavy atom. The first-order valence-corrected chi connectivity index (χ1v) is 12.2. The molecule has 178 valence electrons. The Hall–Kier alpha value is -3.85. The third-order valence-corrected chi connectivity index (χ3v) is 6.92. The van der Waals surface area contributed by atoms with E-state index in [1.54, 1.807) is 18.5 Å². The van der Waals surface area contributed by atoms with Gasteiger partial charge in [-0.25, -0.2) is 0 Å². The van der Waals surface area contributed by atoms with Crippen LogP contribution in [0.4, 0.5) is 0 Å². The number of pyridine rings is 1. The maximum atomic E-state index is 13.2. The maximum Gasteiger partial charge on any atom is 0.231 e. The van der Waals surface area contributed by atoms with E-state index >= 15 is 0 Å². The van der Waals surface area contributed by atoms with E-state index in [9.17, 15) is 4.79 Å². The molecule has 3 aromatic heterocycles. The molecule has 0 unspecified atom stereocenters. The molecule has 0 N–H and O–H groups in total. The van der Waals surface area contributed by atoms with E-state index in [4.69, 9.17) is 9.47 Å². The van der Waals surface area contributed by atoms with Crippen molar-refractivity contribution in [2.24, 2.45) is 0 Å². The van der Waals surface area contributed by atoms with Gasteiger partial charge in [0.2, 0.25) is 6.79 Å². The molecular weight excluding hydrogens is 462 g/mol. The van der Waals surface area contributed by atoms with E-state index in [1.165, 1.54) is 11.8 Å². The van der Waals surface area contributed by atoms with Crippen molar-refractivity contribution in [3.63, 3.8) is 0 Å². The zero-order valence-electron chi connectivity index (χ0n) is 19.6. The molecule has 1 aromatic carbocycles. The Morgan fingerprint density at radius 2 is 1.89 bits per heavy atom. The predicted molar refractivity (Wildman–Crippen MR) is 134 cm³/mol. The first-order valence-electron chi connectivity index (χ1n) is 11.2. The van der Waals surface area contributed by atoms with Crippen LogP contribution in [0.3, 0.4) is 0 Å². The molecule has 4 heterocycles. The Labute approximate surface area is 207 Å². The summed E-state index contributed by atoms with van der Waals surface area (Å²) in [6.45, 7) is 9.30. The van der Waals surface area contributed by atoms with Crippen molar-refractivity contribution in [3.05, 3.63) is 84.0 Å². The van der Waals surface area contributed by atoms with Crippen molar-refractivity contribution in [1.29, 1.82) is 0 Å². The van der Waals surface area contributed by atoms with E-state index in [0.29, 0.717) is 18.2 Å². The van der Waals surface area contributed by atoms with E-state index in [1.807, 2.05) is 54.8 Å². The van der Waals surface area contributed by atoms with Gasteiger partial charge in [0.25, 0.3) is 0 Å². The summed E-state index contributed by atoms with van der Waals surface area (Å²) in [7, 11) is 0.